The first-order valence-corrected chi connectivity index (χ1v) is 7.07. The van der Waals surface area contributed by atoms with Gasteiger partial charge in [0.05, 0.1) is 24.3 Å². The quantitative estimate of drug-likeness (QED) is 0.856. The summed E-state index contributed by atoms with van der Waals surface area (Å²) in [5.74, 6) is -1.05. The minimum absolute atomic E-state index is 0.0922. The highest BCUT2D eigenvalue weighted by Gasteiger charge is 2.18. The first-order chi connectivity index (χ1) is 10.6. The normalized spacial score (nSPS) is 10.3. The third kappa shape index (κ3) is 3.16. The largest absolute Gasteiger partial charge is 0.462 e. The van der Waals surface area contributed by atoms with Crippen LogP contribution in [0.25, 0.3) is 10.9 Å². The fourth-order valence-corrected chi connectivity index (χ4v) is 2.07. The average Bonchev–Trinajstić information content (AvgIpc) is 2.53. The van der Waals surface area contributed by atoms with E-state index in [-0.39, 0.29) is 18.9 Å². The number of ether oxygens (including phenoxy) is 2. The van der Waals surface area contributed by atoms with E-state index in [2.05, 4.69) is 10.3 Å². The molecule has 0 saturated heterocycles. The van der Waals surface area contributed by atoms with Crippen LogP contribution in [0.1, 0.15) is 34.7 Å². The number of benzene rings is 1. The van der Waals surface area contributed by atoms with Gasteiger partial charge in [-0.1, -0.05) is 0 Å². The molecule has 0 atom stereocenters. The highest BCUT2D eigenvalue weighted by Crippen LogP contribution is 2.23. The van der Waals surface area contributed by atoms with Gasteiger partial charge in [0, 0.05) is 18.1 Å². The monoisotopic (exact) mass is 302 g/mol. The molecule has 6 heteroatoms. The molecule has 0 aliphatic heterocycles. The Hall–Kier alpha value is -2.63. The Morgan fingerprint density at radius 3 is 2.41 bits per heavy atom. The topological polar surface area (TPSA) is 77.5 Å². The minimum Gasteiger partial charge on any atom is -0.462 e. The van der Waals surface area contributed by atoms with Gasteiger partial charge in [-0.05, 0) is 38.1 Å². The van der Waals surface area contributed by atoms with E-state index in [4.69, 9.17) is 9.47 Å². The molecule has 0 spiro atoms. The van der Waals surface area contributed by atoms with Crippen LogP contribution in [-0.4, -0.2) is 37.2 Å². The van der Waals surface area contributed by atoms with Gasteiger partial charge in [0.25, 0.3) is 0 Å². The molecule has 0 amide bonds. The standard InChI is InChI=1S/C16H18N2O4/c1-4-21-15(19)12-9-14(16(20)22-5-2)18-13-7-6-10(17-3)8-11(12)13/h6-9,17H,4-5H2,1-3H3. The number of esters is 2. The SMILES string of the molecule is CCOC(=O)c1cc(C(=O)OCC)c2cc(NC)ccc2n1. The van der Waals surface area contributed by atoms with E-state index in [1.54, 1.807) is 33.0 Å². The number of carbonyl (C=O) groups is 2. The second-order valence-corrected chi connectivity index (χ2v) is 4.48. The number of pyridine rings is 1. The van der Waals surface area contributed by atoms with Crippen LogP contribution >= 0.6 is 0 Å². The van der Waals surface area contributed by atoms with Crippen LogP contribution in [0.3, 0.4) is 0 Å². The molecule has 1 aromatic carbocycles. The Morgan fingerprint density at radius 2 is 1.77 bits per heavy atom. The van der Waals surface area contributed by atoms with E-state index in [1.807, 2.05) is 6.07 Å². The summed E-state index contributed by atoms with van der Waals surface area (Å²) < 4.78 is 10.0. The Morgan fingerprint density at radius 1 is 1.09 bits per heavy atom. The number of carbonyl (C=O) groups excluding carboxylic acids is 2. The Bertz CT molecular complexity index is 713. The van der Waals surface area contributed by atoms with Crippen molar-refractivity contribution in [3.05, 3.63) is 35.5 Å². The summed E-state index contributed by atoms with van der Waals surface area (Å²) in [5.41, 5.74) is 1.76. The molecule has 22 heavy (non-hydrogen) atoms. The van der Waals surface area contributed by atoms with E-state index in [0.29, 0.717) is 16.5 Å². The van der Waals surface area contributed by atoms with E-state index in [0.717, 1.165) is 5.69 Å². The summed E-state index contributed by atoms with van der Waals surface area (Å²) in [6.07, 6.45) is 0. The fourth-order valence-electron chi connectivity index (χ4n) is 2.07. The molecule has 0 bridgehead atoms. The molecular weight excluding hydrogens is 284 g/mol. The zero-order valence-electron chi connectivity index (χ0n) is 12.8. The van der Waals surface area contributed by atoms with Gasteiger partial charge < -0.3 is 14.8 Å². The van der Waals surface area contributed by atoms with Crippen molar-refractivity contribution in [1.82, 2.24) is 4.98 Å². The van der Waals surface area contributed by atoms with Crippen LogP contribution < -0.4 is 5.32 Å². The molecule has 0 unspecified atom stereocenters. The maximum Gasteiger partial charge on any atom is 0.356 e. The second-order valence-electron chi connectivity index (χ2n) is 4.48. The van der Waals surface area contributed by atoms with Crippen molar-refractivity contribution in [2.75, 3.05) is 25.6 Å². The summed E-state index contributed by atoms with van der Waals surface area (Å²) in [6, 6.07) is 6.77. The number of hydrogen-bond donors (Lipinski definition) is 1. The molecule has 1 heterocycles. The first-order valence-electron chi connectivity index (χ1n) is 7.07. The van der Waals surface area contributed by atoms with Gasteiger partial charge in [-0.25, -0.2) is 14.6 Å². The highest BCUT2D eigenvalue weighted by atomic mass is 16.5. The summed E-state index contributed by atoms with van der Waals surface area (Å²) >= 11 is 0. The molecule has 0 aliphatic rings. The lowest BCUT2D eigenvalue weighted by molar-refractivity contribution is 0.0519. The van der Waals surface area contributed by atoms with E-state index in [9.17, 15) is 9.59 Å². The molecule has 1 aromatic heterocycles. The van der Waals surface area contributed by atoms with Crippen LogP contribution in [-0.2, 0) is 9.47 Å². The number of nitrogens with zero attached hydrogens (tertiary/aromatic N) is 1. The number of hydrogen-bond acceptors (Lipinski definition) is 6. The molecular formula is C16H18N2O4. The van der Waals surface area contributed by atoms with E-state index < -0.39 is 11.9 Å². The third-order valence-corrected chi connectivity index (χ3v) is 3.08. The van der Waals surface area contributed by atoms with Crippen molar-refractivity contribution in [1.29, 1.82) is 0 Å². The Labute approximate surface area is 128 Å². The second kappa shape index (κ2) is 6.89. The maximum absolute atomic E-state index is 12.2. The predicted molar refractivity (Wildman–Crippen MR) is 83.2 cm³/mol. The molecule has 2 aromatic rings. The molecule has 0 radical (unpaired) electrons. The van der Waals surface area contributed by atoms with Crippen molar-refractivity contribution in [2.45, 2.75) is 13.8 Å². The summed E-state index contributed by atoms with van der Waals surface area (Å²) in [4.78, 5) is 28.3. The fraction of sp³-hybridized carbons (Fsp3) is 0.312. The molecule has 0 saturated carbocycles. The Kier molecular flexibility index (Phi) is 4.93. The number of nitrogens with one attached hydrogen (secondary N) is 1. The van der Waals surface area contributed by atoms with Gasteiger partial charge >= 0.3 is 11.9 Å². The summed E-state index contributed by atoms with van der Waals surface area (Å²) in [5, 5.41) is 3.63. The van der Waals surface area contributed by atoms with Crippen molar-refractivity contribution < 1.29 is 19.1 Å². The molecule has 0 fully saturated rings. The lowest BCUT2D eigenvalue weighted by atomic mass is 10.1. The Balaban J connectivity index is 2.63. The van der Waals surface area contributed by atoms with Gasteiger partial charge in [0.2, 0.25) is 0 Å². The molecule has 1 N–H and O–H groups in total. The zero-order chi connectivity index (χ0) is 16.1. The number of aromatic nitrogens is 1. The molecule has 116 valence electrons. The number of rotatable bonds is 5. The van der Waals surface area contributed by atoms with Crippen LogP contribution in [0.2, 0.25) is 0 Å². The van der Waals surface area contributed by atoms with E-state index in [1.165, 1.54) is 6.07 Å². The number of fused-ring (bicyclic) bond motifs is 1. The van der Waals surface area contributed by atoms with Gasteiger partial charge in [-0.2, -0.15) is 0 Å². The van der Waals surface area contributed by atoms with Crippen LogP contribution in [0.5, 0.6) is 0 Å². The third-order valence-electron chi connectivity index (χ3n) is 3.08. The van der Waals surface area contributed by atoms with Gasteiger partial charge in [-0.15, -0.1) is 0 Å². The van der Waals surface area contributed by atoms with Gasteiger partial charge in [0.15, 0.2) is 0 Å². The summed E-state index contributed by atoms with van der Waals surface area (Å²) in [6.45, 7) is 3.94. The summed E-state index contributed by atoms with van der Waals surface area (Å²) in [7, 11) is 1.78. The maximum atomic E-state index is 12.2. The molecule has 2 rings (SSSR count). The van der Waals surface area contributed by atoms with Crippen LogP contribution in [0.4, 0.5) is 5.69 Å². The number of anilines is 1. The predicted octanol–water partition coefficient (Wildman–Crippen LogP) is 2.63. The first kappa shape index (κ1) is 15.8. The van der Waals surface area contributed by atoms with Crippen molar-refractivity contribution in [2.24, 2.45) is 0 Å². The van der Waals surface area contributed by atoms with E-state index >= 15 is 0 Å². The minimum atomic E-state index is -0.562. The van der Waals surface area contributed by atoms with Crippen molar-refractivity contribution in [3.63, 3.8) is 0 Å². The smallest absolute Gasteiger partial charge is 0.356 e. The van der Waals surface area contributed by atoms with Crippen molar-refractivity contribution >= 4 is 28.5 Å². The average molecular weight is 302 g/mol. The molecule has 0 aliphatic carbocycles. The highest BCUT2D eigenvalue weighted by molar-refractivity contribution is 6.06. The molecule has 6 nitrogen and oxygen atoms in total. The van der Waals surface area contributed by atoms with Gasteiger partial charge in [0.1, 0.15) is 5.69 Å². The van der Waals surface area contributed by atoms with Crippen LogP contribution in [0.15, 0.2) is 24.3 Å². The lowest BCUT2D eigenvalue weighted by Gasteiger charge is -2.10. The van der Waals surface area contributed by atoms with Crippen molar-refractivity contribution in [3.8, 4) is 0 Å². The zero-order valence-corrected chi connectivity index (χ0v) is 12.8. The van der Waals surface area contributed by atoms with Crippen LogP contribution in [0, 0.1) is 0 Å². The lowest BCUT2D eigenvalue weighted by Crippen LogP contribution is -2.12. The van der Waals surface area contributed by atoms with Gasteiger partial charge in [-0.3, -0.25) is 0 Å².